The highest BCUT2D eigenvalue weighted by molar-refractivity contribution is 5.28. The average Bonchev–Trinajstić information content (AvgIpc) is 2.84. The Bertz CT molecular complexity index is 559. The number of ether oxygens (including phenoxy) is 1. The Labute approximate surface area is 133 Å². The van der Waals surface area contributed by atoms with Gasteiger partial charge < -0.3 is 4.74 Å². The van der Waals surface area contributed by atoms with Crippen LogP contribution >= 0.6 is 0 Å². The summed E-state index contributed by atoms with van der Waals surface area (Å²) in [6.45, 7) is 4.16. The van der Waals surface area contributed by atoms with Gasteiger partial charge in [-0.25, -0.2) is 0 Å². The zero-order valence-corrected chi connectivity index (χ0v) is 13.2. The van der Waals surface area contributed by atoms with Gasteiger partial charge in [0.2, 0.25) is 0 Å². The van der Waals surface area contributed by atoms with Gasteiger partial charge in [0.15, 0.2) is 0 Å². The molecule has 1 aliphatic rings. The summed E-state index contributed by atoms with van der Waals surface area (Å²) in [6.07, 6.45) is 5.44. The van der Waals surface area contributed by atoms with Crippen molar-refractivity contribution in [3.63, 3.8) is 0 Å². The Hall–Kier alpha value is -1.80. The molecule has 0 amide bonds. The number of hydrogen-bond donors (Lipinski definition) is 0. The lowest BCUT2D eigenvalue weighted by atomic mass is 10.1. The van der Waals surface area contributed by atoms with Gasteiger partial charge in [-0.3, -0.25) is 4.90 Å². The van der Waals surface area contributed by atoms with Crippen LogP contribution in [0.25, 0.3) is 0 Å². The van der Waals surface area contributed by atoms with Crippen LogP contribution in [0, 0.1) is 0 Å². The van der Waals surface area contributed by atoms with E-state index in [0.717, 1.165) is 12.3 Å². The highest BCUT2D eigenvalue weighted by atomic mass is 16.5. The van der Waals surface area contributed by atoms with Gasteiger partial charge in [0.25, 0.3) is 0 Å². The summed E-state index contributed by atoms with van der Waals surface area (Å²) >= 11 is 0. The van der Waals surface area contributed by atoms with Gasteiger partial charge >= 0.3 is 0 Å². The van der Waals surface area contributed by atoms with E-state index < -0.39 is 0 Å². The highest BCUT2D eigenvalue weighted by Crippen LogP contribution is 2.18. The first kappa shape index (κ1) is 15.1. The van der Waals surface area contributed by atoms with Crippen molar-refractivity contribution < 1.29 is 4.74 Å². The third-order valence-electron chi connectivity index (χ3n) is 4.35. The highest BCUT2D eigenvalue weighted by Gasteiger charge is 2.11. The zero-order valence-electron chi connectivity index (χ0n) is 13.2. The molecule has 0 N–H and O–H groups in total. The quantitative estimate of drug-likeness (QED) is 0.796. The molecule has 1 fully saturated rings. The fourth-order valence-electron chi connectivity index (χ4n) is 3.07. The Morgan fingerprint density at radius 1 is 0.727 bits per heavy atom. The number of hydrogen-bond acceptors (Lipinski definition) is 2. The van der Waals surface area contributed by atoms with Crippen molar-refractivity contribution in [3.05, 3.63) is 65.7 Å². The van der Waals surface area contributed by atoms with Crippen molar-refractivity contribution in [2.45, 2.75) is 38.8 Å². The fraction of sp³-hybridized carbons (Fsp3) is 0.400. The minimum atomic E-state index is 0.647. The van der Waals surface area contributed by atoms with E-state index >= 15 is 0 Å². The molecule has 0 bridgehead atoms. The molecule has 0 radical (unpaired) electrons. The third kappa shape index (κ3) is 4.35. The summed E-state index contributed by atoms with van der Waals surface area (Å²) < 4.78 is 5.93. The van der Waals surface area contributed by atoms with Gasteiger partial charge in [0.05, 0.1) is 0 Å². The standard InChI is InChI=1S/C20H25NO/c1-2-9-15-21(14-8-1)16-18-10-6-7-11-19(18)17-22-20-12-4-3-5-13-20/h3-7,10-13H,1-2,8-9,14-17H2. The Balaban J connectivity index is 1.64. The predicted octanol–water partition coefficient (Wildman–Crippen LogP) is 4.64. The van der Waals surface area contributed by atoms with Crippen molar-refractivity contribution >= 4 is 0 Å². The first-order chi connectivity index (χ1) is 10.9. The molecule has 22 heavy (non-hydrogen) atoms. The molecular formula is C20H25NO. The molecule has 0 unspecified atom stereocenters. The van der Waals surface area contributed by atoms with Crippen LogP contribution in [-0.2, 0) is 13.2 Å². The summed E-state index contributed by atoms with van der Waals surface area (Å²) in [4.78, 5) is 2.59. The molecule has 0 spiro atoms. The zero-order chi connectivity index (χ0) is 15.0. The normalized spacial score (nSPS) is 16.2. The smallest absolute Gasteiger partial charge is 0.119 e. The van der Waals surface area contributed by atoms with Crippen LogP contribution in [-0.4, -0.2) is 18.0 Å². The lowest BCUT2D eigenvalue weighted by Crippen LogP contribution is -2.24. The predicted molar refractivity (Wildman–Crippen MR) is 91.0 cm³/mol. The molecule has 2 aromatic rings. The minimum Gasteiger partial charge on any atom is -0.489 e. The van der Waals surface area contributed by atoms with Gasteiger partial charge in [-0.1, -0.05) is 55.3 Å². The number of likely N-dealkylation sites (tertiary alicyclic amines) is 1. The molecule has 0 aliphatic carbocycles. The minimum absolute atomic E-state index is 0.647. The van der Waals surface area contributed by atoms with Crippen molar-refractivity contribution in [1.29, 1.82) is 0 Å². The lowest BCUT2D eigenvalue weighted by molar-refractivity contribution is 0.269. The summed E-state index contributed by atoms with van der Waals surface area (Å²) in [5, 5.41) is 0. The summed E-state index contributed by atoms with van der Waals surface area (Å²) in [7, 11) is 0. The second kappa shape index (κ2) is 8.00. The van der Waals surface area contributed by atoms with Gasteiger partial charge in [0, 0.05) is 6.54 Å². The van der Waals surface area contributed by atoms with Crippen LogP contribution in [0.4, 0.5) is 0 Å². The molecular weight excluding hydrogens is 270 g/mol. The van der Waals surface area contributed by atoms with Crippen LogP contribution in [0.2, 0.25) is 0 Å². The van der Waals surface area contributed by atoms with E-state index in [1.54, 1.807) is 0 Å². The van der Waals surface area contributed by atoms with Crippen LogP contribution < -0.4 is 4.74 Å². The summed E-state index contributed by atoms with van der Waals surface area (Å²) in [6, 6.07) is 18.7. The molecule has 1 heterocycles. The molecule has 2 nitrogen and oxygen atoms in total. The van der Waals surface area contributed by atoms with Crippen molar-refractivity contribution in [1.82, 2.24) is 4.90 Å². The van der Waals surface area contributed by atoms with Crippen LogP contribution in [0.15, 0.2) is 54.6 Å². The van der Waals surface area contributed by atoms with E-state index in [9.17, 15) is 0 Å². The van der Waals surface area contributed by atoms with E-state index in [1.165, 1.54) is 49.9 Å². The van der Waals surface area contributed by atoms with Crippen molar-refractivity contribution in [3.8, 4) is 5.75 Å². The van der Waals surface area contributed by atoms with E-state index in [-0.39, 0.29) is 0 Å². The van der Waals surface area contributed by atoms with Crippen LogP contribution in [0.1, 0.15) is 36.8 Å². The molecule has 1 saturated heterocycles. The van der Waals surface area contributed by atoms with Crippen LogP contribution in [0.5, 0.6) is 5.75 Å². The Kier molecular flexibility index (Phi) is 5.49. The maximum Gasteiger partial charge on any atom is 0.119 e. The van der Waals surface area contributed by atoms with Gasteiger partial charge in [-0.2, -0.15) is 0 Å². The second-order valence-electron chi connectivity index (χ2n) is 6.06. The first-order valence-electron chi connectivity index (χ1n) is 8.39. The Morgan fingerprint density at radius 2 is 1.36 bits per heavy atom. The van der Waals surface area contributed by atoms with E-state index in [1.807, 2.05) is 30.3 Å². The van der Waals surface area contributed by atoms with E-state index in [2.05, 4.69) is 29.2 Å². The number of para-hydroxylation sites is 1. The topological polar surface area (TPSA) is 12.5 Å². The maximum atomic E-state index is 5.93. The molecule has 2 heteroatoms. The molecule has 3 rings (SSSR count). The maximum absolute atomic E-state index is 5.93. The molecule has 2 aromatic carbocycles. The number of rotatable bonds is 5. The first-order valence-corrected chi connectivity index (χ1v) is 8.39. The molecule has 0 aromatic heterocycles. The third-order valence-corrected chi connectivity index (χ3v) is 4.35. The largest absolute Gasteiger partial charge is 0.489 e. The molecule has 0 atom stereocenters. The molecule has 116 valence electrons. The van der Waals surface area contributed by atoms with Gasteiger partial charge in [-0.15, -0.1) is 0 Å². The second-order valence-corrected chi connectivity index (χ2v) is 6.06. The van der Waals surface area contributed by atoms with E-state index in [0.29, 0.717) is 6.61 Å². The fourth-order valence-corrected chi connectivity index (χ4v) is 3.07. The number of benzene rings is 2. The number of nitrogens with zero attached hydrogens (tertiary/aromatic N) is 1. The Morgan fingerprint density at radius 3 is 2.09 bits per heavy atom. The summed E-state index contributed by atoms with van der Waals surface area (Å²) in [5.41, 5.74) is 2.70. The molecule has 0 saturated carbocycles. The summed E-state index contributed by atoms with van der Waals surface area (Å²) in [5.74, 6) is 0.937. The van der Waals surface area contributed by atoms with Crippen molar-refractivity contribution in [2.24, 2.45) is 0 Å². The van der Waals surface area contributed by atoms with Crippen LogP contribution in [0.3, 0.4) is 0 Å². The van der Waals surface area contributed by atoms with Gasteiger partial charge in [-0.05, 0) is 49.2 Å². The SMILES string of the molecule is c1ccc(OCc2ccccc2CN2CCCCCC2)cc1. The van der Waals surface area contributed by atoms with Crippen molar-refractivity contribution in [2.75, 3.05) is 13.1 Å². The lowest BCUT2D eigenvalue weighted by Gasteiger charge is -2.21. The monoisotopic (exact) mass is 295 g/mol. The molecule has 1 aliphatic heterocycles. The average molecular weight is 295 g/mol. The van der Waals surface area contributed by atoms with E-state index in [4.69, 9.17) is 4.74 Å². The van der Waals surface area contributed by atoms with Gasteiger partial charge in [0.1, 0.15) is 12.4 Å².